The molecule has 1 aliphatic rings. The summed E-state index contributed by atoms with van der Waals surface area (Å²) in [6.45, 7) is 4.09. The molecule has 3 N–H and O–H groups in total. The summed E-state index contributed by atoms with van der Waals surface area (Å²) in [7, 11) is 0. The lowest BCUT2D eigenvalue weighted by Gasteiger charge is -2.20. The zero-order valence-electron chi connectivity index (χ0n) is 13.7. The Morgan fingerprint density at radius 3 is 3.00 bits per heavy atom. The van der Waals surface area contributed by atoms with E-state index in [1.54, 1.807) is 19.1 Å². The summed E-state index contributed by atoms with van der Waals surface area (Å²) in [4.78, 5) is 20.8. The number of anilines is 1. The number of hydrogen-bond acceptors (Lipinski definition) is 8. The van der Waals surface area contributed by atoms with Crippen molar-refractivity contribution in [3.05, 3.63) is 29.8 Å². The normalized spacial score (nSPS) is 17.9. The van der Waals surface area contributed by atoms with Gasteiger partial charge >= 0.3 is 5.97 Å². The van der Waals surface area contributed by atoms with Crippen molar-refractivity contribution >= 4 is 33.7 Å². The first-order chi connectivity index (χ1) is 12.2. The number of morpholine rings is 1. The number of esters is 1. The van der Waals surface area contributed by atoms with E-state index < -0.39 is 5.97 Å². The molecule has 1 saturated heterocycles. The number of hydrogen-bond donors (Lipinski definition) is 2. The number of pyridine rings is 1. The Bertz CT molecular complexity index is 947. The predicted molar refractivity (Wildman–Crippen MR) is 91.2 cm³/mol. The van der Waals surface area contributed by atoms with Crippen LogP contribution in [0.4, 0.5) is 5.69 Å². The molecule has 0 aliphatic carbocycles. The lowest BCUT2D eigenvalue weighted by atomic mass is 10.1. The highest BCUT2D eigenvalue weighted by atomic mass is 16.5. The standard InChI is InChI=1S/C17H18N4O4/c1-2-23-17(22)15-10(18)5-9-6-13-12(7-11(9)20-15)21-16(25-13)14-8-19-3-4-24-14/h5-7,14,19H,2-4,8,18H2,1H3. The number of fused-ring (bicyclic) bond motifs is 2. The summed E-state index contributed by atoms with van der Waals surface area (Å²) in [5, 5.41) is 4.01. The van der Waals surface area contributed by atoms with Gasteiger partial charge in [-0.2, -0.15) is 0 Å². The number of aromatic nitrogens is 2. The number of nitrogens with zero attached hydrogens (tertiary/aromatic N) is 2. The molecule has 1 unspecified atom stereocenters. The average molecular weight is 342 g/mol. The van der Waals surface area contributed by atoms with Crippen molar-refractivity contribution in [3.63, 3.8) is 0 Å². The van der Waals surface area contributed by atoms with Crippen LogP contribution >= 0.6 is 0 Å². The Labute approximate surface area is 143 Å². The van der Waals surface area contributed by atoms with Crippen LogP contribution in [-0.4, -0.2) is 42.2 Å². The van der Waals surface area contributed by atoms with Crippen molar-refractivity contribution in [2.75, 3.05) is 32.0 Å². The molecule has 0 saturated carbocycles. The van der Waals surface area contributed by atoms with Crippen molar-refractivity contribution in [1.29, 1.82) is 0 Å². The third-order valence-electron chi connectivity index (χ3n) is 4.04. The van der Waals surface area contributed by atoms with Crippen LogP contribution in [0.25, 0.3) is 22.0 Å². The van der Waals surface area contributed by atoms with Crippen molar-refractivity contribution in [2.24, 2.45) is 0 Å². The van der Waals surface area contributed by atoms with Gasteiger partial charge in [-0.3, -0.25) is 0 Å². The van der Waals surface area contributed by atoms with E-state index in [1.165, 1.54) is 0 Å². The van der Waals surface area contributed by atoms with Crippen LogP contribution in [0.15, 0.2) is 22.6 Å². The smallest absolute Gasteiger partial charge is 0.359 e. The highest BCUT2D eigenvalue weighted by Gasteiger charge is 2.22. The summed E-state index contributed by atoms with van der Waals surface area (Å²) in [5.41, 5.74) is 8.21. The van der Waals surface area contributed by atoms with E-state index in [0.29, 0.717) is 35.7 Å². The second kappa shape index (κ2) is 6.30. The second-order valence-electron chi connectivity index (χ2n) is 5.77. The molecule has 25 heavy (non-hydrogen) atoms. The number of benzene rings is 1. The van der Waals surface area contributed by atoms with E-state index in [0.717, 1.165) is 11.9 Å². The molecule has 4 rings (SSSR count). The van der Waals surface area contributed by atoms with Crippen LogP contribution in [0.3, 0.4) is 0 Å². The van der Waals surface area contributed by atoms with Crippen LogP contribution in [0, 0.1) is 0 Å². The SMILES string of the molecule is CCOC(=O)c1nc2cc3nc(C4CNCCO4)oc3cc2cc1N. The van der Waals surface area contributed by atoms with Gasteiger partial charge in [-0.05, 0) is 25.1 Å². The van der Waals surface area contributed by atoms with Crippen LogP contribution in [0.1, 0.15) is 29.4 Å². The minimum absolute atomic E-state index is 0.109. The van der Waals surface area contributed by atoms with Crippen LogP contribution in [0.5, 0.6) is 0 Å². The predicted octanol–water partition coefficient (Wildman–Crippen LogP) is 1.80. The summed E-state index contributed by atoms with van der Waals surface area (Å²) in [5.74, 6) is -0.0133. The topological polar surface area (TPSA) is 112 Å². The fourth-order valence-corrected chi connectivity index (χ4v) is 2.85. The number of nitrogens with one attached hydrogen (secondary N) is 1. The Morgan fingerprint density at radius 2 is 2.24 bits per heavy atom. The third-order valence-corrected chi connectivity index (χ3v) is 4.04. The minimum atomic E-state index is -0.537. The lowest BCUT2D eigenvalue weighted by Crippen LogP contribution is -2.33. The molecule has 1 fully saturated rings. The van der Waals surface area contributed by atoms with Gasteiger partial charge in [0, 0.05) is 18.5 Å². The number of nitrogen functional groups attached to an aromatic ring is 1. The largest absolute Gasteiger partial charge is 0.461 e. The maximum atomic E-state index is 12.0. The fourth-order valence-electron chi connectivity index (χ4n) is 2.85. The summed E-state index contributed by atoms with van der Waals surface area (Å²) >= 11 is 0. The molecule has 3 heterocycles. The van der Waals surface area contributed by atoms with E-state index in [9.17, 15) is 4.79 Å². The van der Waals surface area contributed by atoms with Gasteiger partial charge in [0.25, 0.3) is 0 Å². The number of oxazole rings is 1. The van der Waals surface area contributed by atoms with Gasteiger partial charge in [0.15, 0.2) is 11.3 Å². The molecule has 2 aromatic heterocycles. The zero-order valence-corrected chi connectivity index (χ0v) is 13.7. The third kappa shape index (κ3) is 2.90. The summed E-state index contributed by atoms with van der Waals surface area (Å²) < 4.78 is 16.5. The van der Waals surface area contributed by atoms with Gasteiger partial charge in [0.1, 0.15) is 11.6 Å². The van der Waals surface area contributed by atoms with E-state index in [1.807, 2.05) is 6.07 Å². The summed E-state index contributed by atoms with van der Waals surface area (Å²) in [6.07, 6.45) is -0.211. The van der Waals surface area contributed by atoms with Gasteiger partial charge in [0.05, 0.1) is 24.4 Å². The fraction of sp³-hybridized carbons (Fsp3) is 0.353. The van der Waals surface area contributed by atoms with Gasteiger partial charge in [0.2, 0.25) is 5.89 Å². The number of carbonyl (C=O) groups excluding carboxylic acids is 1. The van der Waals surface area contributed by atoms with Crippen LogP contribution in [-0.2, 0) is 9.47 Å². The first kappa shape index (κ1) is 15.8. The molecule has 0 amide bonds. The maximum absolute atomic E-state index is 12.0. The van der Waals surface area contributed by atoms with Crippen molar-refractivity contribution in [3.8, 4) is 0 Å². The lowest BCUT2D eigenvalue weighted by molar-refractivity contribution is 0.0118. The molecule has 1 atom stereocenters. The van der Waals surface area contributed by atoms with Gasteiger partial charge < -0.3 is 24.9 Å². The molecule has 130 valence electrons. The van der Waals surface area contributed by atoms with Crippen LogP contribution in [0.2, 0.25) is 0 Å². The van der Waals surface area contributed by atoms with Gasteiger partial charge in [-0.1, -0.05) is 0 Å². The van der Waals surface area contributed by atoms with Crippen molar-refractivity contribution in [2.45, 2.75) is 13.0 Å². The molecule has 0 spiro atoms. The number of carbonyl (C=O) groups is 1. The monoisotopic (exact) mass is 342 g/mol. The molecule has 1 aromatic carbocycles. The quantitative estimate of drug-likeness (QED) is 0.693. The van der Waals surface area contributed by atoms with Gasteiger partial charge in [-0.25, -0.2) is 14.8 Å². The van der Waals surface area contributed by atoms with Crippen molar-refractivity contribution < 1.29 is 18.7 Å². The Hall–Kier alpha value is -2.71. The zero-order chi connectivity index (χ0) is 17.4. The molecule has 1 aliphatic heterocycles. The van der Waals surface area contributed by atoms with E-state index in [4.69, 9.17) is 19.6 Å². The first-order valence-electron chi connectivity index (χ1n) is 8.16. The number of ether oxygens (including phenoxy) is 2. The summed E-state index contributed by atoms with van der Waals surface area (Å²) in [6, 6.07) is 5.28. The Morgan fingerprint density at radius 1 is 1.36 bits per heavy atom. The molecule has 8 nitrogen and oxygen atoms in total. The van der Waals surface area contributed by atoms with E-state index in [2.05, 4.69) is 15.3 Å². The van der Waals surface area contributed by atoms with Crippen LogP contribution < -0.4 is 11.1 Å². The molecular weight excluding hydrogens is 324 g/mol. The number of rotatable bonds is 3. The Kier molecular flexibility index (Phi) is 3.98. The first-order valence-corrected chi connectivity index (χ1v) is 8.16. The molecule has 3 aromatic rings. The van der Waals surface area contributed by atoms with Gasteiger partial charge in [-0.15, -0.1) is 0 Å². The highest BCUT2D eigenvalue weighted by Crippen LogP contribution is 2.28. The number of nitrogens with two attached hydrogens (primary N) is 1. The molecule has 8 heteroatoms. The molecule has 0 bridgehead atoms. The van der Waals surface area contributed by atoms with E-state index >= 15 is 0 Å². The Balaban J connectivity index is 1.78. The minimum Gasteiger partial charge on any atom is -0.461 e. The van der Waals surface area contributed by atoms with Crippen molar-refractivity contribution in [1.82, 2.24) is 15.3 Å². The second-order valence-corrected chi connectivity index (χ2v) is 5.77. The molecule has 0 radical (unpaired) electrons. The molecular formula is C17H18N4O4. The maximum Gasteiger partial charge on any atom is 0.359 e. The highest BCUT2D eigenvalue weighted by molar-refractivity contribution is 6.00. The van der Waals surface area contributed by atoms with E-state index in [-0.39, 0.29) is 24.1 Å². The average Bonchev–Trinajstić information content (AvgIpc) is 3.03.